The van der Waals surface area contributed by atoms with Crippen molar-refractivity contribution >= 4 is 21.8 Å². The fourth-order valence-corrected chi connectivity index (χ4v) is 4.22. The number of benzene rings is 1. The lowest BCUT2D eigenvalue weighted by Gasteiger charge is -2.35. The molecule has 148 valence electrons. The van der Waals surface area contributed by atoms with E-state index in [2.05, 4.69) is 9.62 Å². The molecule has 2 atom stereocenters. The summed E-state index contributed by atoms with van der Waals surface area (Å²) >= 11 is 5.96. The predicted octanol–water partition coefficient (Wildman–Crippen LogP) is 2.24. The number of nitrogens with one attached hydrogen (secondary N) is 1. The smallest absolute Gasteiger partial charge is 0.279 e. The maximum Gasteiger partial charge on any atom is 0.279 e. The standard InChI is InChI=1S/C17H27ClFN3O3S/c1-13-10-22(11-14(2)25-13)9-5-8-20-26(23,24)21(3)12-15-16(18)6-4-7-17(15)19/h4,6-7,13-14,20H,5,8-12H2,1-3H3. The van der Waals surface area contributed by atoms with Crippen LogP contribution >= 0.6 is 11.6 Å². The van der Waals surface area contributed by atoms with Crippen molar-refractivity contribution in [2.75, 3.05) is 33.2 Å². The molecule has 0 radical (unpaired) electrons. The average molecular weight is 408 g/mol. The normalized spacial score (nSPS) is 22.1. The number of rotatable bonds is 8. The molecule has 0 amide bonds. The first-order chi connectivity index (χ1) is 12.2. The molecule has 0 aromatic heterocycles. The third-order valence-corrected chi connectivity index (χ3v) is 6.16. The van der Waals surface area contributed by atoms with Gasteiger partial charge in [-0.1, -0.05) is 17.7 Å². The van der Waals surface area contributed by atoms with Crippen LogP contribution in [0, 0.1) is 5.82 Å². The van der Waals surface area contributed by atoms with Gasteiger partial charge in [-0.25, -0.2) is 9.11 Å². The zero-order chi connectivity index (χ0) is 19.3. The summed E-state index contributed by atoms with van der Waals surface area (Å²) in [6.07, 6.45) is 1.06. The Kier molecular flexibility index (Phi) is 7.81. The van der Waals surface area contributed by atoms with Gasteiger partial charge >= 0.3 is 0 Å². The first kappa shape index (κ1) is 21.5. The highest BCUT2D eigenvalue weighted by Gasteiger charge is 2.23. The Morgan fingerprint density at radius 3 is 2.62 bits per heavy atom. The summed E-state index contributed by atoms with van der Waals surface area (Å²) < 4.78 is 47.8. The zero-order valence-electron chi connectivity index (χ0n) is 15.4. The summed E-state index contributed by atoms with van der Waals surface area (Å²) in [6.45, 7) is 6.76. The first-order valence-electron chi connectivity index (χ1n) is 8.70. The Labute approximate surface area is 160 Å². The van der Waals surface area contributed by atoms with Gasteiger partial charge in [0, 0.05) is 43.8 Å². The molecule has 1 saturated heterocycles. The Morgan fingerprint density at radius 1 is 1.35 bits per heavy atom. The molecule has 0 saturated carbocycles. The second-order valence-electron chi connectivity index (χ2n) is 6.73. The van der Waals surface area contributed by atoms with E-state index in [1.54, 1.807) is 0 Å². The molecule has 9 heteroatoms. The SMILES string of the molecule is CC1CN(CCCNS(=O)(=O)N(C)Cc2c(F)cccc2Cl)CC(C)O1. The Balaban J connectivity index is 1.80. The number of hydrogen-bond donors (Lipinski definition) is 1. The van der Waals surface area contributed by atoms with E-state index in [9.17, 15) is 12.8 Å². The molecule has 1 aliphatic rings. The van der Waals surface area contributed by atoms with Gasteiger partial charge in [0.2, 0.25) is 0 Å². The molecule has 1 aromatic carbocycles. The van der Waals surface area contributed by atoms with Gasteiger partial charge in [-0.2, -0.15) is 12.7 Å². The lowest BCUT2D eigenvalue weighted by atomic mass is 10.2. The summed E-state index contributed by atoms with van der Waals surface area (Å²) in [5.74, 6) is -0.518. The highest BCUT2D eigenvalue weighted by Crippen LogP contribution is 2.21. The number of morpholine rings is 1. The number of halogens is 2. The molecule has 0 spiro atoms. The van der Waals surface area contributed by atoms with Crippen molar-refractivity contribution < 1.29 is 17.5 Å². The molecule has 2 rings (SSSR count). The lowest BCUT2D eigenvalue weighted by Crippen LogP contribution is -2.46. The monoisotopic (exact) mass is 407 g/mol. The van der Waals surface area contributed by atoms with Crippen LogP contribution in [0.15, 0.2) is 18.2 Å². The molecule has 0 bridgehead atoms. The third-order valence-electron chi connectivity index (χ3n) is 4.28. The molecule has 1 N–H and O–H groups in total. The number of nitrogens with zero attached hydrogens (tertiary/aromatic N) is 2. The number of hydrogen-bond acceptors (Lipinski definition) is 4. The molecule has 6 nitrogen and oxygen atoms in total. The van der Waals surface area contributed by atoms with E-state index in [1.807, 2.05) is 13.8 Å². The quantitative estimate of drug-likeness (QED) is 0.671. The summed E-state index contributed by atoms with van der Waals surface area (Å²) in [5, 5.41) is 0.211. The van der Waals surface area contributed by atoms with E-state index in [1.165, 1.54) is 25.2 Å². The molecule has 1 aromatic rings. The molecule has 0 aliphatic carbocycles. The Hall–Kier alpha value is -0.770. The van der Waals surface area contributed by atoms with Gasteiger partial charge in [0.15, 0.2) is 0 Å². The predicted molar refractivity (Wildman–Crippen MR) is 101 cm³/mol. The number of ether oxygens (including phenoxy) is 1. The summed E-state index contributed by atoms with van der Waals surface area (Å²) in [4.78, 5) is 2.27. The van der Waals surface area contributed by atoms with Crippen molar-refractivity contribution in [1.29, 1.82) is 0 Å². The van der Waals surface area contributed by atoms with Crippen molar-refractivity contribution in [2.24, 2.45) is 0 Å². The Morgan fingerprint density at radius 2 is 2.00 bits per heavy atom. The largest absolute Gasteiger partial charge is 0.373 e. The van der Waals surface area contributed by atoms with Crippen LogP contribution in [0.5, 0.6) is 0 Å². The minimum absolute atomic E-state index is 0.126. The van der Waals surface area contributed by atoms with Crippen LogP contribution in [0.1, 0.15) is 25.8 Å². The third kappa shape index (κ3) is 6.14. The van der Waals surface area contributed by atoms with Crippen LogP contribution in [0.4, 0.5) is 4.39 Å². The molecular formula is C17H27ClFN3O3S. The van der Waals surface area contributed by atoms with Gasteiger partial charge in [-0.15, -0.1) is 0 Å². The molecular weight excluding hydrogens is 381 g/mol. The van der Waals surface area contributed by atoms with E-state index in [0.29, 0.717) is 13.0 Å². The fourth-order valence-electron chi connectivity index (χ4n) is 3.07. The van der Waals surface area contributed by atoms with Crippen molar-refractivity contribution in [3.05, 3.63) is 34.6 Å². The Bertz CT molecular complexity index is 674. The van der Waals surface area contributed by atoms with E-state index in [0.717, 1.165) is 23.9 Å². The van der Waals surface area contributed by atoms with Crippen molar-refractivity contribution in [3.8, 4) is 0 Å². The zero-order valence-corrected chi connectivity index (χ0v) is 17.0. The molecule has 26 heavy (non-hydrogen) atoms. The highest BCUT2D eigenvalue weighted by atomic mass is 35.5. The van der Waals surface area contributed by atoms with Crippen molar-refractivity contribution in [3.63, 3.8) is 0 Å². The lowest BCUT2D eigenvalue weighted by molar-refractivity contribution is -0.0679. The highest BCUT2D eigenvalue weighted by molar-refractivity contribution is 7.87. The van der Waals surface area contributed by atoms with Crippen LogP contribution < -0.4 is 4.72 Å². The minimum atomic E-state index is -3.70. The van der Waals surface area contributed by atoms with E-state index >= 15 is 0 Å². The second kappa shape index (κ2) is 9.43. The second-order valence-corrected chi connectivity index (χ2v) is 9.00. The van der Waals surface area contributed by atoms with E-state index in [-0.39, 0.29) is 29.3 Å². The van der Waals surface area contributed by atoms with Gasteiger partial charge in [0.25, 0.3) is 10.2 Å². The van der Waals surface area contributed by atoms with Gasteiger partial charge in [0.05, 0.1) is 12.2 Å². The van der Waals surface area contributed by atoms with Gasteiger partial charge < -0.3 is 4.74 Å². The molecule has 1 fully saturated rings. The van der Waals surface area contributed by atoms with Gasteiger partial charge in [-0.05, 0) is 38.9 Å². The molecule has 1 aliphatic heterocycles. The topological polar surface area (TPSA) is 61.9 Å². The fraction of sp³-hybridized carbons (Fsp3) is 0.647. The first-order valence-corrected chi connectivity index (χ1v) is 10.5. The van der Waals surface area contributed by atoms with E-state index in [4.69, 9.17) is 16.3 Å². The van der Waals surface area contributed by atoms with Gasteiger partial charge in [0.1, 0.15) is 5.82 Å². The summed E-state index contributed by atoms with van der Waals surface area (Å²) in [7, 11) is -2.30. The minimum Gasteiger partial charge on any atom is -0.373 e. The average Bonchev–Trinajstić information content (AvgIpc) is 2.54. The summed E-state index contributed by atoms with van der Waals surface area (Å²) in [6, 6.07) is 4.29. The molecule has 1 heterocycles. The summed E-state index contributed by atoms with van der Waals surface area (Å²) in [5.41, 5.74) is 0.165. The maximum atomic E-state index is 13.8. The van der Waals surface area contributed by atoms with Crippen LogP contribution in [0.3, 0.4) is 0 Å². The maximum absolute atomic E-state index is 13.8. The van der Waals surface area contributed by atoms with Crippen LogP contribution in [-0.2, 0) is 21.5 Å². The van der Waals surface area contributed by atoms with Crippen molar-refractivity contribution in [2.45, 2.75) is 39.0 Å². The van der Waals surface area contributed by atoms with Crippen molar-refractivity contribution in [1.82, 2.24) is 13.9 Å². The van der Waals surface area contributed by atoms with E-state index < -0.39 is 16.0 Å². The van der Waals surface area contributed by atoms with Crippen LogP contribution in [0.2, 0.25) is 5.02 Å². The van der Waals surface area contributed by atoms with Crippen LogP contribution in [0.25, 0.3) is 0 Å². The molecule has 2 unspecified atom stereocenters. The van der Waals surface area contributed by atoms with Crippen LogP contribution in [-0.4, -0.2) is 63.1 Å². The van der Waals surface area contributed by atoms with Gasteiger partial charge in [-0.3, -0.25) is 4.90 Å².